The highest BCUT2D eigenvalue weighted by molar-refractivity contribution is 4.88. The maximum absolute atomic E-state index is 2.56. The summed E-state index contributed by atoms with van der Waals surface area (Å²) in [6.07, 6.45) is 30.6. The SMILES string of the molecule is CCCCCCCCCCCCCCCC[N+](C)(C)C(CC)(CC)C1CCCCC1.[OH-]. The lowest BCUT2D eigenvalue weighted by Gasteiger charge is -2.53. The molecular formula is C29H61NO. The van der Waals surface area contributed by atoms with Gasteiger partial charge in [-0.1, -0.05) is 117 Å². The number of hydrogen-bond donors (Lipinski definition) is 0. The van der Waals surface area contributed by atoms with E-state index in [1.165, 1.54) is 146 Å². The van der Waals surface area contributed by atoms with E-state index in [0.29, 0.717) is 5.54 Å². The Bertz CT molecular complexity index is 382. The fourth-order valence-electron chi connectivity index (χ4n) is 6.74. The van der Waals surface area contributed by atoms with Crippen LogP contribution in [0.2, 0.25) is 0 Å². The molecule has 0 unspecified atom stereocenters. The van der Waals surface area contributed by atoms with E-state index in [1.54, 1.807) is 0 Å². The fraction of sp³-hybridized carbons (Fsp3) is 1.00. The van der Waals surface area contributed by atoms with Crippen molar-refractivity contribution in [1.82, 2.24) is 0 Å². The van der Waals surface area contributed by atoms with Crippen molar-refractivity contribution in [2.75, 3.05) is 20.6 Å². The predicted molar refractivity (Wildman–Crippen MR) is 139 cm³/mol. The molecule has 0 spiro atoms. The Kier molecular flexibility index (Phi) is 18.3. The quantitative estimate of drug-likeness (QED) is 0.145. The Labute approximate surface area is 197 Å². The lowest BCUT2D eigenvalue weighted by Crippen LogP contribution is -2.63. The smallest absolute Gasteiger partial charge is 0.101 e. The molecule has 1 saturated carbocycles. The van der Waals surface area contributed by atoms with Crippen LogP contribution in [0.3, 0.4) is 0 Å². The average molecular weight is 440 g/mol. The average Bonchev–Trinajstić information content (AvgIpc) is 2.76. The molecule has 0 bridgehead atoms. The Morgan fingerprint density at radius 2 is 0.968 bits per heavy atom. The summed E-state index contributed by atoms with van der Waals surface area (Å²) >= 11 is 0. The third-order valence-electron chi connectivity index (χ3n) is 8.87. The summed E-state index contributed by atoms with van der Waals surface area (Å²) in [5.74, 6) is 0.961. The van der Waals surface area contributed by atoms with E-state index in [0.717, 1.165) is 5.92 Å². The topological polar surface area (TPSA) is 30.0 Å². The first kappa shape index (κ1) is 30.9. The fourth-order valence-corrected chi connectivity index (χ4v) is 6.74. The Morgan fingerprint density at radius 1 is 0.581 bits per heavy atom. The second-order valence-electron chi connectivity index (χ2n) is 11.2. The zero-order valence-electron chi connectivity index (χ0n) is 22.5. The van der Waals surface area contributed by atoms with Crippen LogP contribution in [0.1, 0.15) is 156 Å². The van der Waals surface area contributed by atoms with Crippen LogP contribution in [0, 0.1) is 5.92 Å². The minimum Gasteiger partial charge on any atom is -0.870 e. The van der Waals surface area contributed by atoms with E-state index in [2.05, 4.69) is 34.9 Å². The molecule has 1 aliphatic rings. The van der Waals surface area contributed by atoms with E-state index >= 15 is 0 Å². The van der Waals surface area contributed by atoms with Crippen LogP contribution in [0.4, 0.5) is 0 Å². The highest BCUT2D eigenvalue weighted by Crippen LogP contribution is 2.43. The van der Waals surface area contributed by atoms with Gasteiger partial charge in [0.2, 0.25) is 0 Å². The molecule has 1 aliphatic carbocycles. The van der Waals surface area contributed by atoms with E-state index in [9.17, 15) is 0 Å². The second-order valence-corrected chi connectivity index (χ2v) is 11.2. The maximum atomic E-state index is 2.56. The van der Waals surface area contributed by atoms with Gasteiger partial charge in [0.05, 0.1) is 20.6 Å². The van der Waals surface area contributed by atoms with Crippen molar-refractivity contribution < 1.29 is 9.96 Å². The highest BCUT2D eigenvalue weighted by Gasteiger charge is 2.48. The summed E-state index contributed by atoms with van der Waals surface area (Å²) in [6, 6.07) is 0. The number of hydrogen-bond acceptors (Lipinski definition) is 1. The molecule has 0 heterocycles. The lowest BCUT2D eigenvalue weighted by atomic mass is 9.69. The first-order chi connectivity index (χ1) is 14.5. The van der Waals surface area contributed by atoms with E-state index in [-0.39, 0.29) is 5.48 Å². The molecule has 0 aliphatic heterocycles. The van der Waals surface area contributed by atoms with Gasteiger partial charge in [0, 0.05) is 5.92 Å². The zero-order valence-corrected chi connectivity index (χ0v) is 22.5. The van der Waals surface area contributed by atoms with Gasteiger partial charge in [-0.05, 0) is 38.5 Å². The second kappa shape index (κ2) is 18.4. The Balaban J connectivity index is 0.00000900. The van der Waals surface area contributed by atoms with Gasteiger partial charge in [0.1, 0.15) is 5.54 Å². The van der Waals surface area contributed by atoms with Gasteiger partial charge >= 0.3 is 0 Å². The molecule has 1 rings (SSSR count). The van der Waals surface area contributed by atoms with Crippen LogP contribution in [0.15, 0.2) is 0 Å². The molecule has 1 fully saturated rings. The van der Waals surface area contributed by atoms with Crippen molar-refractivity contribution in [2.24, 2.45) is 5.92 Å². The van der Waals surface area contributed by atoms with Gasteiger partial charge in [0.15, 0.2) is 0 Å². The van der Waals surface area contributed by atoms with Gasteiger partial charge in [-0.15, -0.1) is 0 Å². The molecule has 0 amide bonds. The molecular weight excluding hydrogens is 378 g/mol. The number of rotatable bonds is 19. The molecule has 2 nitrogen and oxygen atoms in total. The Hall–Kier alpha value is -0.0800. The van der Waals surface area contributed by atoms with Gasteiger partial charge in [-0.2, -0.15) is 0 Å². The summed E-state index contributed by atoms with van der Waals surface area (Å²) in [4.78, 5) is 0. The summed E-state index contributed by atoms with van der Waals surface area (Å²) in [5, 5.41) is 0. The summed E-state index contributed by atoms with van der Waals surface area (Å²) < 4.78 is 1.27. The van der Waals surface area contributed by atoms with Crippen LogP contribution < -0.4 is 0 Å². The van der Waals surface area contributed by atoms with Crippen molar-refractivity contribution in [2.45, 2.75) is 161 Å². The van der Waals surface area contributed by atoms with Crippen LogP contribution in [-0.4, -0.2) is 36.1 Å². The molecule has 0 aromatic heterocycles. The standard InChI is InChI=1S/C29H60N.H2O/c1-6-9-10-11-12-13-14-15-16-17-18-19-20-24-27-30(4,5)29(7-2,8-3)28-25-22-21-23-26-28;/h28H,6-27H2,1-5H3;1H2/q+1;/p-1. The van der Waals surface area contributed by atoms with Crippen molar-refractivity contribution in [3.8, 4) is 0 Å². The van der Waals surface area contributed by atoms with Crippen molar-refractivity contribution in [3.63, 3.8) is 0 Å². The molecule has 0 atom stereocenters. The van der Waals surface area contributed by atoms with Crippen molar-refractivity contribution in [3.05, 3.63) is 0 Å². The maximum Gasteiger partial charge on any atom is 0.101 e. The van der Waals surface area contributed by atoms with Gasteiger partial charge < -0.3 is 9.96 Å². The number of quaternary nitrogens is 1. The molecule has 1 N–H and O–H groups in total. The van der Waals surface area contributed by atoms with Crippen LogP contribution in [-0.2, 0) is 0 Å². The number of unbranched alkanes of at least 4 members (excludes halogenated alkanes) is 13. The Morgan fingerprint density at radius 3 is 1.35 bits per heavy atom. The van der Waals surface area contributed by atoms with E-state index in [4.69, 9.17) is 0 Å². The minimum atomic E-state index is 0. The summed E-state index contributed by atoms with van der Waals surface area (Å²) in [7, 11) is 5.12. The third-order valence-corrected chi connectivity index (χ3v) is 8.87. The zero-order chi connectivity index (χ0) is 22.1. The van der Waals surface area contributed by atoms with Gasteiger partial charge in [0.25, 0.3) is 0 Å². The molecule has 0 radical (unpaired) electrons. The molecule has 188 valence electrons. The lowest BCUT2D eigenvalue weighted by molar-refractivity contribution is -0.948. The molecule has 0 aromatic rings. The normalized spacial score (nSPS) is 15.8. The summed E-state index contributed by atoms with van der Waals surface area (Å²) in [5.41, 5.74) is 0.525. The highest BCUT2D eigenvalue weighted by atomic mass is 16.0. The number of nitrogens with zero attached hydrogens (tertiary/aromatic N) is 1. The molecule has 2 heteroatoms. The van der Waals surface area contributed by atoms with Crippen molar-refractivity contribution >= 4 is 0 Å². The van der Waals surface area contributed by atoms with E-state index < -0.39 is 0 Å². The van der Waals surface area contributed by atoms with E-state index in [1.807, 2.05) is 0 Å². The third kappa shape index (κ3) is 11.1. The van der Waals surface area contributed by atoms with Gasteiger partial charge in [-0.3, -0.25) is 0 Å². The summed E-state index contributed by atoms with van der Waals surface area (Å²) in [6.45, 7) is 8.64. The van der Waals surface area contributed by atoms with Crippen LogP contribution in [0.5, 0.6) is 0 Å². The molecule has 31 heavy (non-hydrogen) atoms. The first-order valence-electron chi connectivity index (χ1n) is 14.4. The molecule has 0 saturated heterocycles. The first-order valence-corrected chi connectivity index (χ1v) is 14.4. The van der Waals surface area contributed by atoms with Crippen LogP contribution in [0.25, 0.3) is 0 Å². The monoisotopic (exact) mass is 439 g/mol. The van der Waals surface area contributed by atoms with Crippen molar-refractivity contribution in [1.29, 1.82) is 0 Å². The van der Waals surface area contributed by atoms with Crippen LogP contribution >= 0.6 is 0 Å². The largest absolute Gasteiger partial charge is 0.870 e. The minimum absolute atomic E-state index is 0. The van der Waals surface area contributed by atoms with Gasteiger partial charge in [-0.25, -0.2) is 0 Å². The molecule has 0 aromatic carbocycles. The predicted octanol–water partition coefficient (Wildman–Crippen LogP) is 9.51.